The van der Waals surface area contributed by atoms with Crippen LogP contribution >= 0.6 is 11.6 Å². The van der Waals surface area contributed by atoms with Gasteiger partial charge in [0.2, 0.25) is 5.91 Å². The molecule has 1 aromatic carbocycles. The molecule has 1 amide bonds. The third-order valence-electron chi connectivity index (χ3n) is 4.18. The van der Waals surface area contributed by atoms with E-state index < -0.39 is 0 Å². The van der Waals surface area contributed by atoms with Crippen molar-refractivity contribution < 1.29 is 9.18 Å². The summed E-state index contributed by atoms with van der Waals surface area (Å²) in [5.41, 5.74) is 0.963. The van der Waals surface area contributed by atoms with Crippen LogP contribution in [-0.4, -0.2) is 51.7 Å². The van der Waals surface area contributed by atoms with Crippen LogP contribution in [0.4, 0.5) is 4.39 Å². The first-order chi connectivity index (χ1) is 11.6. The van der Waals surface area contributed by atoms with Crippen molar-refractivity contribution in [1.29, 1.82) is 0 Å². The van der Waals surface area contributed by atoms with Crippen LogP contribution < -0.4 is 0 Å². The van der Waals surface area contributed by atoms with Gasteiger partial charge in [-0.15, -0.1) is 0 Å². The Hall–Kier alpha value is -1.92. The largest absolute Gasteiger partial charge is 0.340 e. The maximum absolute atomic E-state index is 13.2. The fraction of sp³-hybridized carbons (Fsp3) is 0.412. The number of amides is 1. The highest BCUT2D eigenvalue weighted by Crippen LogP contribution is 2.11. The van der Waals surface area contributed by atoms with Gasteiger partial charge < -0.3 is 4.90 Å². The second-order valence-corrected chi connectivity index (χ2v) is 6.39. The summed E-state index contributed by atoms with van der Waals surface area (Å²) in [5, 5.41) is 4.65. The quantitative estimate of drug-likeness (QED) is 0.831. The van der Waals surface area contributed by atoms with E-state index in [4.69, 9.17) is 11.6 Å². The van der Waals surface area contributed by atoms with Gasteiger partial charge in [0.1, 0.15) is 5.82 Å². The third-order valence-corrected chi connectivity index (χ3v) is 4.37. The molecule has 0 bridgehead atoms. The zero-order valence-electron chi connectivity index (χ0n) is 13.4. The lowest BCUT2D eigenvalue weighted by Gasteiger charge is -2.34. The molecule has 3 rings (SSSR count). The topological polar surface area (TPSA) is 41.4 Å². The third kappa shape index (κ3) is 4.55. The van der Waals surface area contributed by atoms with Gasteiger partial charge >= 0.3 is 0 Å². The Balaban J connectivity index is 1.43. The number of halogens is 2. The molecule has 0 radical (unpaired) electrons. The first-order valence-corrected chi connectivity index (χ1v) is 8.40. The predicted molar refractivity (Wildman–Crippen MR) is 90.1 cm³/mol. The van der Waals surface area contributed by atoms with E-state index in [0.717, 1.165) is 18.7 Å². The first kappa shape index (κ1) is 16.9. The summed E-state index contributed by atoms with van der Waals surface area (Å²) in [4.78, 5) is 16.4. The molecule has 5 nitrogen and oxygen atoms in total. The molecule has 128 valence electrons. The van der Waals surface area contributed by atoms with Crippen LogP contribution in [0.1, 0.15) is 12.0 Å². The molecule has 1 fully saturated rings. The molecule has 1 aliphatic heterocycles. The molecule has 2 heterocycles. The smallest absolute Gasteiger partial charge is 0.224 e. The van der Waals surface area contributed by atoms with Gasteiger partial charge in [0.25, 0.3) is 0 Å². The van der Waals surface area contributed by atoms with Crippen LogP contribution in [-0.2, 0) is 17.9 Å². The van der Waals surface area contributed by atoms with Crippen molar-refractivity contribution in [2.45, 2.75) is 19.5 Å². The Kier molecular flexibility index (Phi) is 5.48. The highest BCUT2D eigenvalue weighted by molar-refractivity contribution is 6.30. The van der Waals surface area contributed by atoms with Crippen molar-refractivity contribution in [3.8, 4) is 0 Å². The minimum absolute atomic E-state index is 0.132. The van der Waals surface area contributed by atoms with Gasteiger partial charge in [-0.25, -0.2) is 4.39 Å². The van der Waals surface area contributed by atoms with Gasteiger partial charge in [-0.2, -0.15) is 5.10 Å². The number of benzene rings is 1. The number of nitrogens with zero attached hydrogens (tertiary/aromatic N) is 4. The van der Waals surface area contributed by atoms with Gasteiger partial charge in [-0.05, 0) is 17.7 Å². The summed E-state index contributed by atoms with van der Waals surface area (Å²) in [6.45, 7) is 4.26. The minimum atomic E-state index is -0.208. The van der Waals surface area contributed by atoms with Crippen LogP contribution in [0.2, 0.25) is 5.02 Å². The highest BCUT2D eigenvalue weighted by atomic mass is 35.5. The molecule has 1 aromatic heterocycles. The second-order valence-electron chi connectivity index (χ2n) is 5.96. The number of rotatable bonds is 5. The molecular formula is C17H20ClFN4O. The van der Waals surface area contributed by atoms with Crippen LogP contribution in [0.15, 0.2) is 36.7 Å². The van der Waals surface area contributed by atoms with E-state index in [1.165, 1.54) is 6.07 Å². The fourth-order valence-corrected chi connectivity index (χ4v) is 3.03. The molecule has 0 saturated carbocycles. The predicted octanol–water partition coefficient (Wildman–Crippen LogP) is 2.41. The molecule has 0 unspecified atom stereocenters. The van der Waals surface area contributed by atoms with E-state index in [-0.39, 0.29) is 11.7 Å². The minimum Gasteiger partial charge on any atom is -0.340 e. The molecule has 1 saturated heterocycles. The molecule has 1 aliphatic rings. The fourth-order valence-electron chi connectivity index (χ4n) is 2.88. The molecule has 0 aliphatic carbocycles. The van der Waals surface area contributed by atoms with Crippen molar-refractivity contribution in [1.82, 2.24) is 19.6 Å². The average molecular weight is 351 g/mol. The molecule has 0 spiro atoms. The van der Waals surface area contributed by atoms with Gasteiger partial charge in [-0.1, -0.05) is 23.7 Å². The van der Waals surface area contributed by atoms with E-state index in [2.05, 4.69) is 10.00 Å². The summed E-state index contributed by atoms with van der Waals surface area (Å²) in [7, 11) is 0. The normalized spacial score (nSPS) is 15.7. The van der Waals surface area contributed by atoms with Gasteiger partial charge in [0.05, 0.1) is 11.2 Å². The van der Waals surface area contributed by atoms with Gasteiger partial charge in [0, 0.05) is 51.9 Å². The summed E-state index contributed by atoms with van der Waals surface area (Å²) < 4.78 is 14.9. The lowest BCUT2D eigenvalue weighted by Crippen LogP contribution is -2.48. The lowest BCUT2D eigenvalue weighted by molar-refractivity contribution is -0.133. The zero-order valence-corrected chi connectivity index (χ0v) is 14.1. The Morgan fingerprint density at radius 2 is 2.04 bits per heavy atom. The van der Waals surface area contributed by atoms with Crippen molar-refractivity contribution in [3.63, 3.8) is 0 Å². The van der Waals surface area contributed by atoms with Crippen LogP contribution in [0.25, 0.3) is 0 Å². The maximum atomic E-state index is 13.2. The molecule has 0 N–H and O–H groups in total. The van der Waals surface area contributed by atoms with Crippen LogP contribution in [0.3, 0.4) is 0 Å². The number of hydrogen-bond acceptors (Lipinski definition) is 3. The lowest BCUT2D eigenvalue weighted by atomic mass is 10.2. The summed E-state index contributed by atoms with van der Waals surface area (Å²) in [6, 6.07) is 6.67. The number of aryl methyl sites for hydroxylation is 1. The van der Waals surface area contributed by atoms with Crippen molar-refractivity contribution in [3.05, 3.63) is 53.1 Å². The van der Waals surface area contributed by atoms with Gasteiger partial charge in [0.15, 0.2) is 0 Å². The Morgan fingerprint density at radius 3 is 2.71 bits per heavy atom. The van der Waals surface area contributed by atoms with E-state index >= 15 is 0 Å². The molecule has 2 aromatic rings. The summed E-state index contributed by atoms with van der Waals surface area (Å²) in [5.74, 6) is -0.0768. The van der Waals surface area contributed by atoms with Crippen molar-refractivity contribution >= 4 is 17.5 Å². The van der Waals surface area contributed by atoms with Gasteiger partial charge in [-0.3, -0.25) is 14.4 Å². The monoisotopic (exact) mass is 350 g/mol. The highest BCUT2D eigenvalue weighted by Gasteiger charge is 2.21. The second kappa shape index (κ2) is 7.77. The van der Waals surface area contributed by atoms with Crippen LogP contribution in [0.5, 0.6) is 0 Å². The average Bonchev–Trinajstić information content (AvgIpc) is 2.99. The van der Waals surface area contributed by atoms with E-state index in [0.29, 0.717) is 37.6 Å². The SMILES string of the molecule is O=C(CCn1cc(Cl)cn1)N1CCN(Cc2cccc(F)c2)CC1. The Labute approximate surface area is 145 Å². The number of piperazine rings is 1. The number of aromatic nitrogens is 2. The van der Waals surface area contributed by atoms with E-state index in [1.54, 1.807) is 29.2 Å². The number of carbonyl (C=O) groups excluding carboxylic acids is 1. The molecule has 24 heavy (non-hydrogen) atoms. The molecular weight excluding hydrogens is 331 g/mol. The Morgan fingerprint density at radius 1 is 1.25 bits per heavy atom. The number of carbonyl (C=O) groups is 1. The van der Waals surface area contributed by atoms with Crippen molar-refractivity contribution in [2.24, 2.45) is 0 Å². The van der Waals surface area contributed by atoms with Crippen molar-refractivity contribution in [2.75, 3.05) is 26.2 Å². The Bertz CT molecular complexity index is 697. The molecule has 7 heteroatoms. The van der Waals surface area contributed by atoms with Crippen LogP contribution in [0, 0.1) is 5.82 Å². The first-order valence-electron chi connectivity index (χ1n) is 8.03. The van der Waals surface area contributed by atoms with E-state index in [1.807, 2.05) is 11.0 Å². The standard InChI is InChI=1S/C17H20ClFN4O/c18-15-11-20-23(13-15)5-4-17(24)22-8-6-21(7-9-22)12-14-2-1-3-16(19)10-14/h1-3,10-11,13H,4-9,12H2. The molecule has 0 atom stereocenters. The summed E-state index contributed by atoms with van der Waals surface area (Å²) in [6.07, 6.45) is 3.70. The summed E-state index contributed by atoms with van der Waals surface area (Å²) >= 11 is 5.81. The maximum Gasteiger partial charge on any atom is 0.224 e. The number of hydrogen-bond donors (Lipinski definition) is 0. The van der Waals surface area contributed by atoms with E-state index in [9.17, 15) is 9.18 Å². The zero-order chi connectivity index (χ0) is 16.9.